The van der Waals surface area contributed by atoms with E-state index in [2.05, 4.69) is 15.5 Å². The van der Waals surface area contributed by atoms with Crippen molar-refractivity contribution in [3.63, 3.8) is 0 Å². The SMILES string of the molecule is Cc1nc(NN=Cc2ccc(Cl)cc2Cl)sc1C. The minimum atomic E-state index is 0.569. The average molecular weight is 300 g/mol. The fraction of sp³-hybridized carbons (Fsp3) is 0.167. The van der Waals surface area contributed by atoms with Gasteiger partial charge in [0, 0.05) is 15.5 Å². The standard InChI is InChI=1S/C12H11Cl2N3S/c1-7-8(2)18-12(16-7)17-15-6-9-3-4-10(13)5-11(9)14/h3-6H,1-2H3,(H,16,17). The highest BCUT2D eigenvalue weighted by Gasteiger charge is 2.02. The number of aryl methyl sites for hydroxylation is 2. The molecule has 0 atom stereocenters. The van der Waals surface area contributed by atoms with Gasteiger partial charge in [-0.05, 0) is 26.0 Å². The summed E-state index contributed by atoms with van der Waals surface area (Å²) in [6.07, 6.45) is 1.64. The minimum Gasteiger partial charge on any atom is -0.253 e. The van der Waals surface area contributed by atoms with E-state index in [1.165, 1.54) is 4.88 Å². The molecule has 0 spiro atoms. The van der Waals surface area contributed by atoms with Crippen molar-refractivity contribution in [2.24, 2.45) is 5.10 Å². The maximum atomic E-state index is 6.02. The zero-order valence-corrected chi connectivity index (χ0v) is 12.2. The third kappa shape index (κ3) is 3.22. The predicted octanol–water partition coefficient (Wildman–Crippen LogP) is 4.51. The maximum Gasteiger partial charge on any atom is 0.203 e. The summed E-state index contributed by atoms with van der Waals surface area (Å²) in [5.41, 5.74) is 4.70. The molecule has 94 valence electrons. The van der Waals surface area contributed by atoms with E-state index < -0.39 is 0 Å². The van der Waals surface area contributed by atoms with Crippen LogP contribution in [-0.4, -0.2) is 11.2 Å². The number of aromatic nitrogens is 1. The number of nitrogens with one attached hydrogen (secondary N) is 1. The summed E-state index contributed by atoms with van der Waals surface area (Å²) in [7, 11) is 0. The van der Waals surface area contributed by atoms with Gasteiger partial charge in [0.05, 0.1) is 16.9 Å². The third-order valence-corrected chi connectivity index (χ3v) is 3.89. The molecule has 18 heavy (non-hydrogen) atoms. The van der Waals surface area contributed by atoms with E-state index in [0.717, 1.165) is 16.4 Å². The van der Waals surface area contributed by atoms with E-state index in [0.29, 0.717) is 10.0 Å². The van der Waals surface area contributed by atoms with Gasteiger partial charge in [0.1, 0.15) is 0 Å². The molecular weight excluding hydrogens is 289 g/mol. The Morgan fingerprint density at radius 2 is 2.11 bits per heavy atom. The first kappa shape index (κ1) is 13.3. The van der Waals surface area contributed by atoms with Crippen LogP contribution < -0.4 is 5.43 Å². The van der Waals surface area contributed by atoms with E-state index >= 15 is 0 Å². The molecule has 0 amide bonds. The average Bonchev–Trinajstić information content (AvgIpc) is 2.61. The van der Waals surface area contributed by atoms with Crippen molar-refractivity contribution in [2.45, 2.75) is 13.8 Å². The number of thiazole rings is 1. The zero-order chi connectivity index (χ0) is 13.1. The van der Waals surface area contributed by atoms with Gasteiger partial charge in [-0.1, -0.05) is 29.3 Å². The minimum absolute atomic E-state index is 0.569. The Morgan fingerprint density at radius 3 is 2.72 bits per heavy atom. The van der Waals surface area contributed by atoms with Crippen LogP contribution in [0.5, 0.6) is 0 Å². The van der Waals surface area contributed by atoms with Gasteiger partial charge < -0.3 is 0 Å². The fourth-order valence-corrected chi connectivity index (χ4v) is 2.51. The van der Waals surface area contributed by atoms with Crippen LogP contribution in [-0.2, 0) is 0 Å². The van der Waals surface area contributed by atoms with Crippen molar-refractivity contribution in [3.05, 3.63) is 44.4 Å². The molecule has 1 aromatic heterocycles. The fourth-order valence-electron chi connectivity index (χ4n) is 1.28. The molecule has 0 saturated carbocycles. The number of anilines is 1. The van der Waals surface area contributed by atoms with Gasteiger partial charge in [-0.3, -0.25) is 5.43 Å². The summed E-state index contributed by atoms with van der Waals surface area (Å²) >= 11 is 13.4. The molecule has 1 aromatic carbocycles. The lowest BCUT2D eigenvalue weighted by molar-refractivity contribution is 1.20. The second-order valence-electron chi connectivity index (χ2n) is 3.70. The van der Waals surface area contributed by atoms with Gasteiger partial charge in [-0.25, -0.2) is 4.98 Å². The van der Waals surface area contributed by atoms with Crippen molar-refractivity contribution in [3.8, 4) is 0 Å². The zero-order valence-electron chi connectivity index (χ0n) is 9.87. The van der Waals surface area contributed by atoms with Crippen LogP contribution in [0.3, 0.4) is 0 Å². The van der Waals surface area contributed by atoms with E-state index in [1.54, 1.807) is 29.7 Å². The number of hydrogen-bond donors (Lipinski definition) is 1. The smallest absolute Gasteiger partial charge is 0.203 e. The predicted molar refractivity (Wildman–Crippen MR) is 79.3 cm³/mol. The second-order valence-corrected chi connectivity index (χ2v) is 5.74. The van der Waals surface area contributed by atoms with Gasteiger partial charge in [0.2, 0.25) is 5.13 Å². The van der Waals surface area contributed by atoms with Crippen LogP contribution in [0.25, 0.3) is 0 Å². The Kier molecular flexibility index (Phi) is 4.22. The first-order valence-corrected chi connectivity index (χ1v) is 6.81. The number of rotatable bonds is 3. The second kappa shape index (κ2) is 5.69. The molecular formula is C12H11Cl2N3S. The summed E-state index contributed by atoms with van der Waals surface area (Å²) in [5, 5.41) is 6.05. The van der Waals surface area contributed by atoms with Crippen LogP contribution in [0.1, 0.15) is 16.1 Å². The van der Waals surface area contributed by atoms with Gasteiger partial charge >= 0.3 is 0 Å². The molecule has 0 aliphatic rings. The molecule has 1 heterocycles. The normalized spacial score (nSPS) is 11.1. The summed E-state index contributed by atoms with van der Waals surface area (Å²) in [6.45, 7) is 3.99. The molecule has 0 aliphatic carbocycles. The number of halogens is 2. The highest BCUT2D eigenvalue weighted by molar-refractivity contribution is 7.15. The molecule has 0 aliphatic heterocycles. The first-order valence-electron chi connectivity index (χ1n) is 5.24. The molecule has 0 fully saturated rings. The molecule has 0 unspecified atom stereocenters. The summed E-state index contributed by atoms with van der Waals surface area (Å²) in [6, 6.07) is 5.27. The lowest BCUT2D eigenvalue weighted by Crippen LogP contribution is -1.90. The van der Waals surface area contributed by atoms with E-state index in [4.69, 9.17) is 23.2 Å². The van der Waals surface area contributed by atoms with Gasteiger partial charge in [0.25, 0.3) is 0 Å². The van der Waals surface area contributed by atoms with Crippen LogP contribution >= 0.6 is 34.5 Å². The maximum absolute atomic E-state index is 6.02. The molecule has 2 aromatic rings. The Balaban J connectivity index is 2.07. The van der Waals surface area contributed by atoms with E-state index in [9.17, 15) is 0 Å². The Morgan fingerprint density at radius 1 is 1.33 bits per heavy atom. The molecule has 2 rings (SSSR count). The number of hydrazone groups is 1. The third-order valence-electron chi connectivity index (χ3n) is 2.35. The van der Waals surface area contributed by atoms with E-state index in [-0.39, 0.29) is 0 Å². The Labute approximate surface area is 119 Å². The highest BCUT2D eigenvalue weighted by Crippen LogP contribution is 2.22. The molecule has 1 N–H and O–H groups in total. The number of nitrogens with zero attached hydrogens (tertiary/aromatic N) is 2. The van der Waals surface area contributed by atoms with Crippen molar-refractivity contribution in [2.75, 3.05) is 5.43 Å². The van der Waals surface area contributed by atoms with Crippen LogP contribution in [0, 0.1) is 13.8 Å². The topological polar surface area (TPSA) is 37.3 Å². The number of hydrogen-bond acceptors (Lipinski definition) is 4. The van der Waals surface area contributed by atoms with Crippen LogP contribution in [0.15, 0.2) is 23.3 Å². The van der Waals surface area contributed by atoms with E-state index in [1.807, 2.05) is 19.9 Å². The quantitative estimate of drug-likeness (QED) is 0.668. The lowest BCUT2D eigenvalue weighted by atomic mass is 10.2. The van der Waals surface area contributed by atoms with Gasteiger partial charge in [-0.2, -0.15) is 5.10 Å². The Bertz CT molecular complexity index is 574. The van der Waals surface area contributed by atoms with Crippen molar-refractivity contribution in [1.82, 2.24) is 4.98 Å². The molecule has 6 heteroatoms. The van der Waals surface area contributed by atoms with Gasteiger partial charge in [-0.15, -0.1) is 11.3 Å². The van der Waals surface area contributed by atoms with Crippen LogP contribution in [0.2, 0.25) is 10.0 Å². The summed E-state index contributed by atoms with van der Waals surface area (Å²) < 4.78 is 0. The Hall–Kier alpha value is -1.10. The largest absolute Gasteiger partial charge is 0.253 e. The van der Waals surface area contributed by atoms with Crippen molar-refractivity contribution < 1.29 is 0 Å². The molecule has 0 saturated heterocycles. The van der Waals surface area contributed by atoms with Crippen molar-refractivity contribution in [1.29, 1.82) is 0 Å². The lowest BCUT2D eigenvalue weighted by Gasteiger charge is -1.98. The monoisotopic (exact) mass is 299 g/mol. The highest BCUT2D eigenvalue weighted by atomic mass is 35.5. The number of benzene rings is 1. The van der Waals surface area contributed by atoms with Crippen LogP contribution in [0.4, 0.5) is 5.13 Å². The molecule has 0 radical (unpaired) electrons. The molecule has 3 nitrogen and oxygen atoms in total. The first-order chi connectivity index (χ1) is 8.56. The molecule has 0 bridgehead atoms. The summed E-state index contributed by atoms with van der Waals surface area (Å²) in [4.78, 5) is 5.50. The van der Waals surface area contributed by atoms with Gasteiger partial charge in [0.15, 0.2) is 0 Å². The van der Waals surface area contributed by atoms with Crippen molar-refractivity contribution >= 4 is 45.9 Å². The summed E-state index contributed by atoms with van der Waals surface area (Å²) in [5.74, 6) is 0.